The zero-order valence-electron chi connectivity index (χ0n) is 14.1. The van der Waals surface area contributed by atoms with Crippen LogP contribution in [0.25, 0.3) is 0 Å². The molecule has 2 aromatic carbocycles. The predicted molar refractivity (Wildman–Crippen MR) is 91.0 cm³/mol. The largest absolute Gasteiger partial charge is 0.484 e. The number of methoxy groups -OCH3 is 1. The zero-order chi connectivity index (χ0) is 17.5. The average Bonchev–Trinajstić information content (AvgIpc) is 2.59. The second kappa shape index (κ2) is 8.15. The van der Waals surface area contributed by atoms with Gasteiger partial charge in [-0.15, -0.1) is 0 Å². The van der Waals surface area contributed by atoms with Gasteiger partial charge in [0.2, 0.25) is 0 Å². The van der Waals surface area contributed by atoms with Crippen LogP contribution in [0.2, 0.25) is 0 Å². The zero-order valence-corrected chi connectivity index (χ0v) is 14.1. The van der Waals surface area contributed by atoms with Crippen molar-refractivity contribution in [2.24, 2.45) is 0 Å². The van der Waals surface area contributed by atoms with Crippen molar-refractivity contribution in [3.05, 3.63) is 64.7 Å². The van der Waals surface area contributed by atoms with Crippen LogP contribution in [0.1, 0.15) is 27.0 Å². The average molecular weight is 327 g/mol. The molecule has 1 amide bonds. The molecule has 1 N–H and O–H groups in total. The SMILES string of the molecule is COC(=O)c1ccc(CNC(=O)COc2ccc(C)cc2C)cc1. The molecule has 0 fully saturated rings. The smallest absolute Gasteiger partial charge is 0.337 e. The van der Waals surface area contributed by atoms with E-state index < -0.39 is 0 Å². The third kappa shape index (κ3) is 4.84. The third-order valence-electron chi connectivity index (χ3n) is 3.55. The number of hydrogen-bond acceptors (Lipinski definition) is 4. The van der Waals surface area contributed by atoms with Crippen molar-refractivity contribution in [1.82, 2.24) is 5.32 Å². The maximum absolute atomic E-state index is 11.9. The van der Waals surface area contributed by atoms with Crippen molar-refractivity contribution < 1.29 is 19.1 Å². The van der Waals surface area contributed by atoms with E-state index in [2.05, 4.69) is 10.1 Å². The molecule has 5 heteroatoms. The van der Waals surface area contributed by atoms with E-state index in [1.807, 2.05) is 32.0 Å². The van der Waals surface area contributed by atoms with Gasteiger partial charge in [0.25, 0.3) is 5.91 Å². The highest BCUT2D eigenvalue weighted by Gasteiger charge is 2.07. The van der Waals surface area contributed by atoms with Gasteiger partial charge in [-0.25, -0.2) is 4.79 Å². The minimum Gasteiger partial charge on any atom is -0.484 e. The number of nitrogens with one attached hydrogen (secondary N) is 1. The van der Waals surface area contributed by atoms with E-state index in [-0.39, 0.29) is 18.5 Å². The number of ether oxygens (including phenoxy) is 2. The van der Waals surface area contributed by atoms with Gasteiger partial charge in [0.05, 0.1) is 12.7 Å². The summed E-state index contributed by atoms with van der Waals surface area (Å²) < 4.78 is 10.2. The first-order chi connectivity index (χ1) is 11.5. The summed E-state index contributed by atoms with van der Waals surface area (Å²) in [5.74, 6) is 0.123. The fourth-order valence-corrected chi connectivity index (χ4v) is 2.23. The maximum Gasteiger partial charge on any atom is 0.337 e. The first-order valence-electron chi connectivity index (χ1n) is 7.63. The predicted octanol–water partition coefficient (Wildman–Crippen LogP) is 2.79. The lowest BCUT2D eigenvalue weighted by Crippen LogP contribution is -2.28. The molecule has 0 heterocycles. The van der Waals surface area contributed by atoms with Crippen LogP contribution in [0, 0.1) is 13.8 Å². The summed E-state index contributed by atoms with van der Waals surface area (Å²) >= 11 is 0. The Kier molecular flexibility index (Phi) is 5.95. The van der Waals surface area contributed by atoms with Crippen LogP contribution in [-0.4, -0.2) is 25.6 Å². The van der Waals surface area contributed by atoms with Gasteiger partial charge in [0, 0.05) is 6.54 Å². The Morgan fingerprint density at radius 2 is 1.75 bits per heavy atom. The summed E-state index contributed by atoms with van der Waals surface area (Å²) in [5, 5.41) is 2.78. The molecule has 0 atom stereocenters. The Hall–Kier alpha value is -2.82. The quantitative estimate of drug-likeness (QED) is 0.829. The molecule has 2 aromatic rings. The second-order valence-corrected chi connectivity index (χ2v) is 5.52. The Labute approximate surface area is 141 Å². The molecule has 0 radical (unpaired) electrons. The van der Waals surface area contributed by atoms with Crippen molar-refractivity contribution in [3.8, 4) is 5.75 Å². The summed E-state index contributed by atoms with van der Waals surface area (Å²) in [4.78, 5) is 23.2. The Morgan fingerprint density at radius 3 is 2.38 bits per heavy atom. The van der Waals surface area contributed by atoms with Gasteiger partial charge in [0.1, 0.15) is 5.75 Å². The summed E-state index contributed by atoms with van der Waals surface area (Å²) in [6, 6.07) is 12.7. The summed E-state index contributed by atoms with van der Waals surface area (Å²) in [5.41, 5.74) is 3.52. The molecule has 5 nitrogen and oxygen atoms in total. The molecule has 0 aliphatic carbocycles. The van der Waals surface area contributed by atoms with Crippen LogP contribution in [0.4, 0.5) is 0 Å². The van der Waals surface area contributed by atoms with Crippen LogP contribution in [0.15, 0.2) is 42.5 Å². The topological polar surface area (TPSA) is 64.6 Å². The first kappa shape index (κ1) is 17.5. The monoisotopic (exact) mass is 327 g/mol. The standard InChI is InChI=1S/C19H21NO4/c1-13-4-9-17(14(2)10-13)24-12-18(21)20-11-15-5-7-16(8-6-15)19(22)23-3/h4-10H,11-12H2,1-3H3,(H,20,21). The molecule has 0 aromatic heterocycles. The van der Waals surface area contributed by atoms with Gasteiger partial charge < -0.3 is 14.8 Å². The number of aryl methyl sites for hydroxylation is 2. The first-order valence-corrected chi connectivity index (χ1v) is 7.63. The van der Waals surface area contributed by atoms with E-state index in [1.165, 1.54) is 7.11 Å². The van der Waals surface area contributed by atoms with E-state index in [0.29, 0.717) is 17.9 Å². The number of amides is 1. The molecule has 126 valence electrons. The van der Waals surface area contributed by atoms with Crippen LogP contribution < -0.4 is 10.1 Å². The normalized spacial score (nSPS) is 10.1. The fourth-order valence-electron chi connectivity index (χ4n) is 2.23. The highest BCUT2D eigenvalue weighted by Crippen LogP contribution is 2.18. The second-order valence-electron chi connectivity index (χ2n) is 5.52. The molecule has 24 heavy (non-hydrogen) atoms. The molecular formula is C19H21NO4. The van der Waals surface area contributed by atoms with Crippen molar-refractivity contribution in [2.45, 2.75) is 20.4 Å². The highest BCUT2D eigenvalue weighted by molar-refractivity contribution is 5.89. The lowest BCUT2D eigenvalue weighted by molar-refractivity contribution is -0.123. The van der Waals surface area contributed by atoms with Crippen LogP contribution in [0.3, 0.4) is 0 Å². The Bertz CT molecular complexity index is 723. The van der Waals surface area contributed by atoms with Gasteiger partial charge in [-0.2, -0.15) is 0 Å². The maximum atomic E-state index is 11.9. The minimum absolute atomic E-state index is 0.0376. The fraction of sp³-hybridized carbons (Fsp3) is 0.263. The van der Waals surface area contributed by atoms with Crippen molar-refractivity contribution in [1.29, 1.82) is 0 Å². The molecule has 0 aliphatic rings. The van der Waals surface area contributed by atoms with Gasteiger partial charge in [0.15, 0.2) is 6.61 Å². The van der Waals surface area contributed by atoms with E-state index in [1.54, 1.807) is 24.3 Å². The van der Waals surface area contributed by atoms with Crippen molar-refractivity contribution >= 4 is 11.9 Å². The number of carbonyl (C=O) groups excluding carboxylic acids is 2. The number of benzene rings is 2. The van der Waals surface area contributed by atoms with Gasteiger partial charge in [-0.05, 0) is 43.2 Å². The van der Waals surface area contributed by atoms with Gasteiger partial charge >= 0.3 is 5.97 Å². The summed E-state index contributed by atoms with van der Waals surface area (Å²) in [6.07, 6.45) is 0. The van der Waals surface area contributed by atoms with E-state index in [9.17, 15) is 9.59 Å². The lowest BCUT2D eigenvalue weighted by Gasteiger charge is -2.10. The lowest BCUT2D eigenvalue weighted by atomic mass is 10.1. The number of hydrogen-bond donors (Lipinski definition) is 1. The van der Waals surface area contributed by atoms with E-state index in [0.717, 1.165) is 16.7 Å². The van der Waals surface area contributed by atoms with Crippen LogP contribution >= 0.6 is 0 Å². The molecule has 0 spiro atoms. The van der Waals surface area contributed by atoms with Crippen LogP contribution in [-0.2, 0) is 16.1 Å². The van der Waals surface area contributed by atoms with Crippen molar-refractivity contribution in [2.75, 3.05) is 13.7 Å². The number of esters is 1. The Balaban J connectivity index is 1.81. The molecule has 0 aliphatic heterocycles. The molecule has 0 saturated heterocycles. The Morgan fingerprint density at radius 1 is 1.04 bits per heavy atom. The van der Waals surface area contributed by atoms with Crippen molar-refractivity contribution in [3.63, 3.8) is 0 Å². The molecule has 2 rings (SSSR count). The third-order valence-corrected chi connectivity index (χ3v) is 3.55. The number of carbonyl (C=O) groups is 2. The number of rotatable bonds is 6. The summed E-state index contributed by atoms with van der Waals surface area (Å²) in [6.45, 7) is 4.29. The van der Waals surface area contributed by atoms with Gasteiger partial charge in [-0.3, -0.25) is 4.79 Å². The molecule has 0 unspecified atom stereocenters. The highest BCUT2D eigenvalue weighted by atomic mass is 16.5. The van der Waals surface area contributed by atoms with Crippen LogP contribution in [0.5, 0.6) is 5.75 Å². The summed E-state index contributed by atoms with van der Waals surface area (Å²) in [7, 11) is 1.34. The van der Waals surface area contributed by atoms with E-state index in [4.69, 9.17) is 4.74 Å². The molecule has 0 bridgehead atoms. The molecular weight excluding hydrogens is 306 g/mol. The molecule has 0 saturated carbocycles. The van der Waals surface area contributed by atoms with E-state index >= 15 is 0 Å². The minimum atomic E-state index is -0.382. The van der Waals surface area contributed by atoms with Gasteiger partial charge in [-0.1, -0.05) is 29.8 Å².